The number of nitrogens with one attached hydrogen (secondary N) is 2. The fourth-order valence-corrected chi connectivity index (χ4v) is 2.26. The molecule has 0 aliphatic carbocycles. The van der Waals surface area contributed by atoms with Gasteiger partial charge in [-0.1, -0.05) is 0 Å². The zero-order valence-electron chi connectivity index (χ0n) is 12.5. The topological polar surface area (TPSA) is 85.6 Å². The summed E-state index contributed by atoms with van der Waals surface area (Å²) in [5.41, 5.74) is 1.41. The van der Waals surface area contributed by atoms with Crippen molar-refractivity contribution in [2.24, 2.45) is 0 Å². The third kappa shape index (κ3) is 2.87. The summed E-state index contributed by atoms with van der Waals surface area (Å²) in [5, 5.41) is 5.87. The molecule has 2 aromatic heterocycles. The van der Waals surface area contributed by atoms with Crippen LogP contribution in [0.4, 0.5) is 17.2 Å². The molecular formula is C17H13N3O4. The van der Waals surface area contributed by atoms with Crippen LogP contribution < -0.4 is 20.1 Å². The van der Waals surface area contributed by atoms with Crippen LogP contribution in [0.3, 0.4) is 0 Å². The van der Waals surface area contributed by atoms with Gasteiger partial charge in [0.1, 0.15) is 5.82 Å². The average molecular weight is 323 g/mol. The van der Waals surface area contributed by atoms with Crippen LogP contribution in [0.25, 0.3) is 0 Å². The maximum atomic E-state index is 11.9. The van der Waals surface area contributed by atoms with E-state index in [1.165, 1.54) is 6.26 Å². The summed E-state index contributed by atoms with van der Waals surface area (Å²) >= 11 is 0. The van der Waals surface area contributed by atoms with Gasteiger partial charge >= 0.3 is 0 Å². The lowest BCUT2D eigenvalue weighted by Gasteiger charge is -2.08. The van der Waals surface area contributed by atoms with Crippen LogP contribution >= 0.6 is 0 Å². The van der Waals surface area contributed by atoms with Gasteiger partial charge in [-0.15, -0.1) is 0 Å². The number of amides is 1. The molecule has 0 bridgehead atoms. The number of ether oxygens (including phenoxy) is 2. The number of fused-ring (bicyclic) bond motifs is 1. The number of nitrogens with zero attached hydrogens (tertiary/aromatic N) is 1. The number of anilines is 3. The minimum absolute atomic E-state index is 0.237. The van der Waals surface area contributed by atoms with Gasteiger partial charge in [0.2, 0.25) is 6.79 Å². The summed E-state index contributed by atoms with van der Waals surface area (Å²) in [4.78, 5) is 16.2. The molecule has 3 aromatic rings. The van der Waals surface area contributed by atoms with Crippen molar-refractivity contribution < 1.29 is 18.7 Å². The molecule has 0 radical (unpaired) electrons. The fourth-order valence-electron chi connectivity index (χ4n) is 2.26. The largest absolute Gasteiger partial charge is 0.459 e. The smallest absolute Gasteiger partial charge is 0.291 e. The minimum atomic E-state index is -0.321. The van der Waals surface area contributed by atoms with Gasteiger partial charge in [-0.25, -0.2) is 4.98 Å². The van der Waals surface area contributed by atoms with E-state index in [1.54, 1.807) is 30.5 Å². The molecule has 3 heterocycles. The van der Waals surface area contributed by atoms with Crippen LogP contribution in [0.15, 0.2) is 59.3 Å². The van der Waals surface area contributed by atoms with Gasteiger partial charge in [0.15, 0.2) is 17.3 Å². The van der Waals surface area contributed by atoms with Crippen LogP contribution in [0.1, 0.15) is 10.6 Å². The average Bonchev–Trinajstić information content (AvgIpc) is 3.27. The summed E-state index contributed by atoms with van der Waals surface area (Å²) in [7, 11) is 0. The van der Waals surface area contributed by atoms with Crippen LogP contribution in [0.2, 0.25) is 0 Å². The van der Waals surface area contributed by atoms with Crippen LogP contribution in [0, 0.1) is 0 Å². The molecular weight excluding hydrogens is 310 g/mol. The molecule has 0 fully saturated rings. The summed E-state index contributed by atoms with van der Waals surface area (Å²) in [6.45, 7) is 0.237. The third-order valence-corrected chi connectivity index (χ3v) is 3.41. The van der Waals surface area contributed by atoms with E-state index < -0.39 is 0 Å². The van der Waals surface area contributed by atoms with E-state index in [0.29, 0.717) is 17.3 Å². The molecule has 1 aliphatic heterocycles. The Balaban J connectivity index is 1.43. The van der Waals surface area contributed by atoms with Crippen LogP contribution in [0.5, 0.6) is 11.5 Å². The SMILES string of the molecule is O=C(Nc1ccc(Nc2ccc3c(c2)OCO3)nc1)c1ccco1. The van der Waals surface area contributed by atoms with E-state index in [1.807, 2.05) is 18.2 Å². The highest BCUT2D eigenvalue weighted by Gasteiger charge is 2.13. The van der Waals surface area contributed by atoms with Crippen molar-refractivity contribution in [2.75, 3.05) is 17.4 Å². The van der Waals surface area contributed by atoms with E-state index in [9.17, 15) is 4.79 Å². The molecule has 4 rings (SSSR count). The maximum absolute atomic E-state index is 11.9. The van der Waals surface area contributed by atoms with Crippen molar-refractivity contribution in [3.63, 3.8) is 0 Å². The summed E-state index contributed by atoms with van der Waals surface area (Å²) in [6.07, 6.45) is 3.02. The molecule has 0 spiro atoms. The number of pyridine rings is 1. The van der Waals surface area contributed by atoms with Gasteiger partial charge in [-0.05, 0) is 36.4 Å². The zero-order chi connectivity index (χ0) is 16.4. The van der Waals surface area contributed by atoms with Crippen molar-refractivity contribution in [2.45, 2.75) is 0 Å². The van der Waals surface area contributed by atoms with Gasteiger partial charge < -0.3 is 24.5 Å². The molecule has 7 nitrogen and oxygen atoms in total. The first-order chi connectivity index (χ1) is 11.8. The maximum Gasteiger partial charge on any atom is 0.291 e. The van der Waals surface area contributed by atoms with E-state index in [-0.39, 0.29) is 18.5 Å². The Hall–Kier alpha value is -3.48. The normalized spacial score (nSPS) is 12.0. The molecule has 0 saturated carbocycles. The lowest BCUT2D eigenvalue weighted by atomic mass is 10.2. The second-order valence-electron chi connectivity index (χ2n) is 5.06. The number of rotatable bonds is 4. The highest BCUT2D eigenvalue weighted by Crippen LogP contribution is 2.34. The number of furan rings is 1. The van der Waals surface area contributed by atoms with Crippen LogP contribution in [-0.4, -0.2) is 17.7 Å². The van der Waals surface area contributed by atoms with E-state index in [2.05, 4.69) is 15.6 Å². The van der Waals surface area contributed by atoms with E-state index in [0.717, 1.165) is 11.4 Å². The van der Waals surface area contributed by atoms with Gasteiger partial charge in [-0.2, -0.15) is 0 Å². The monoisotopic (exact) mass is 323 g/mol. The van der Waals surface area contributed by atoms with Crippen molar-refractivity contribution >= 4 is 23.1 Å². The number of carbonyl (C=O) groups is 1. The van der Waals surface area contributed by atoms with Crippen molar-refractivity contribution in [1.82, 2.24) is 4.98 Å². The molecule has 2 N–H and O–H groups in total. The summed E-state index contributed by atoms with van der Waals surface area (Å²) in [5.74, 6) is 1.99. The molecule has 1 aromatic carbocycles. The predicted molar refractivity (Wildman–Crippen MR) is 86.7 cm³/mol. The second kappa shape index (κ2) is 5.96. The Kier molecular flexibility index (Phi) is 3.51. The molecule has 0 saturated heterocycles. The first-order valence-electron chi connectivity index (χ1n) is 7.25. The summed E-state index contributed by atoms with van der Waals surface area (Å²) < 4.78 is 15.6. The molecule has 1 aliphatic rings. The predicted octanol–water partition coefficient (Wildman–Crippen LogP) is 3.40. The lowest BCUT2D eigenvalue weighted by Crippen LogP contribution is -2.11. The number of hydrogen-bond acceptors (Lipinski definition) is 6. The zero-order valence-corrected chi connectivity index (χ0v) is 12.5. The quantitative estimate of drug-likeness (QED) is 0.765. The standard InChI is InChI=1S/C17H13N3O4/c21-17(14-2-1-7-22-14)20-12-4-6-16(18-9-12)19-11-3-5-13-15(8-11)24-10-23-13/h1-9H,10H2,(H,18,19)(H,20,21). The fraction of sp³-hybridized carbons (Fsp3) is 0.0588. The molecule has 24 heavy (non-hydrogen) atoms. The molecule has 7 heteroatoms. The highest BCUT2D eigenvalue weighted by molar-refractivity contribution is 6.02. The van der Waals surface area contributed by atoms with Gasteiger partial charge in [0.05, 0.1) is 18.1 Å². The Morgan fingerprint density at radius 3 is 2.71 bits per heavy atom. The van der Waals surface area contributed by atoms with Crippen LogP contribution in [-0.2, 0) is 0 Å². The number of aromatic nitrogens is 1. The molecule has 0 atom stereocenters. The van der Waals surface area contributed by atoms with Crippen molar-refractivity contribution in [3.8, 4) is 11.5 Å². The Morgan fingerprint density at radius 1 is 1.04 bits per heavy atom. The van der Waals surface area contributed by atoms with E-state index in [4.69, 9.17) is 13.9 Å². The molecule has 1 amide bonds. The Bertz CT molecular complexity index is 860. The van der Waals surface area contributed by atoms with Gasteiger partial charge in [0.25, 0.3) is 5.91 Å². The Morgan fingerprint density at radius 2 is 1.92 bits per heavy atom. The van der Waals surface area contributed by atoms with Crippen molar-refractivity contribution in [3.05, 3.63) is 60.7 Å². The number of hydrogen-bond donors (Lipinski definition) is 2. The Labute approximate surface area is 137 Å². The number of benzene rings is 1. The lowest BCUT2D eigenvalue weighted by molar-refractivity contribution is 0.0996. The van der Waals surface area contributed by atoms with E-state index >= 15 is 0 Å². The third-order valence-electron chi connectivity index (χ3n) is 3.41. The highest BCUT2D eigenvalue weighted by atomic mass is 16.7. The van der Waals surface area contributed by atoms with Gasteiger partial charge in [-0.3, -0.25) is 4.79 Å². The molecule has 120 valence electrons. The number of carbonyl (C=O) groups excluding carboxylic acids is 1. The summed E-state index contributed by atoms with van der Waals surface area (Å²) in [6, 6.07) is 12.3. The molecule has 0 unspecified atom stereocenters. The van der Waals surface area contributed by atoms with Crippen molar-refractivity contribution in [1.29, 1.82) is 0 Å². The van der Waals surface area contributed by atoms with Gasteiger partial charge in [0, 0.05) is 11.8 Å². The first-order valence-corrected chi connectivity index (χ1v) is 7.25. The second-order valence-corrected chi connectivity index (χ2v) is 5.06. The minimum Gasteiger partial charge on any atom is -0.459 e. The first kappa shape index (κ1) is 14.1.